The van der Waals surface area contributed by atoms with Gasteiger partial charge in [-0.3, -0.25) is 4.79 Å². The average Bonchev–Trinajstić information content (AvgIpc) is 2.92. The molecule has 2 aromatic rings. The van der Waals surface area contributed by atoms with Gasteiger partial charge >= 0.3 is 0 Å². The van der Waals surface area contributed by atoms with Crippen LogP contribution in [0.5, 0.6) is 0 Å². The van der Waals surface area contributed by atoms with E-state index in [4.69, 9.17) is 4.42 Å². The number of hydrazone groups is 1. The highest BCUT2D eigenvalue weighted by atomic mass is 32.2. The van der Waals surface area contributed by atoms with Crippen LogP contribution in [0.15, 0.2) is 39.0 Å². The second-order valence-corrected chi connectivity index (χ2v) is 5.76. The lowest BCUT2D eigenvalue weighted by atomic mass is 10.1. The number of nitrogens with zero attached hydrogens (tertiary/aromatic N) is 2. The molecule has 112 valence electrons. The predicted molar refractivity (Wildman–Crippen MR) is 85.4 cm³/mol. The molecule has 1 N–H and O–H groups in total. The number of aromatic nitrogens is 1. The summed E-state index contributed by atoms with van der Waals surface area (Å²) in [6, 6.07) is 7.52. The van der Waals surface area contributed by atoms with Crippen molar-refractivity contribution >= 4 is 34.5 Å². The fourth-order valence-corrected chi connectivity index (χ4v) is 2.26. The van der Waals surface area contributed by atoms with Gasteiger partial charge in [-0.2, -0.15) is 5.10 Å². The summed E-state index contributed by atoms with van der Waals surface area (Å²) in [5, 5.41) is 4.60. The second kappa shape index (κ2) is 7.26. The fourth-order valence-electron chi connectivity index (χ4n) is 1.63. The van der Waals surface area contributed by atoms with Gasteiger partial charge in [0.15, 0.2) is 5.58 Å². The van der Waals surface area contributed by atoms with Crippen LogP contribution in [0.2, 0.25) is 0 Å². The van der Waals surface area contributed by atoms with E-state index in [0.717, 1.165) is 23.2 Å². The lowest BCUT2D eigenvalue weighted by Crippen LogP contribution is -2.22. The van der Waals surface area contributed by atoms with Gasteiger partial charge in [-0.05, 0) is 31.4 Å². The number of rotatable bonds is 6. The van der Waals surface area contributed by atoms with Crippen molar-refractivity contribution in [2.75, 3.05) is 5.75 Å². The summed E-state index contributed by atoms with van der Waals surface area (Å²) in [6.45, 7) is 6.09. The number of hydrogen-bond acceptors (Lipinski definition) is 5. The summed E-state index contributed by atoms with van der Waals surface area (Å²) < 4.78 is 5.54. The first kappa shape index (κ1) is 15.6. The molecule has 0 bridgehead atoms. The number of amides is 1. The molecule has 21 heavy (non-hydrogen) atoms. The van der Waals surface area contributed by atoms with Crippen molar-refractivity contribution in [3.05, 3.63) is 24.3 Å². The Hall–Kier alpha value is -1.82. The van der Waals surface area contributed by atoms with E-state index in [9.17, 15) is 4.79 Å². The molecule has 1 atom stereocenters. The van der Waals surface area contributed by atoms with Crippen LogP contribution in [0.4, 0.5) is 0 Å². The molecule has 1 aromatic heterocycles. The molecule has 5 nitrogen and oxygen atoms in total. The lowest BCUT2D eigenvalue weighted by molar-refractivity contribution is -0.118. The molecule has 0 aliphatic carbocycles. The maximum atomic E-state index is 11.7. The highest BCUT2D eigenvalue weighted by molar-refractivity contribution is 7.99. The summed E-state index contributed by atoms with van der Waals surface area (Å²) in [5.74, 6) is 0.435. The number of oxazole rings is 1. The number of carbonyl (C=O) groups is 1. The molecule has 6 heteroatoms. The third-order valence-electron chi connectivity index (χ3n) is 3.28. The molecule has 0 unspecified atom stereocenters. The molecule has 1 amide bonds. The highest BCUT2D eigenvalue weighted by Gasteiger charge is 2.09. The quantitative estimate of drug-likeness (QED) is 0.504. The smallest absolute Gasteiger partial charge is 0.257 e. The second-order valence-electron chi connectivity index (χ2n) is 4.83. The summed E-state index contributed by atoms with van der Waals surface area (Å²) in [7, 11) is 0. The topological polar surface area (TPSA) is 67.5 Å². The SMILES string of the molecule is CC[C@H](C)/C(C)=N\NC(=O)CSc1nc2ccccc2o1. The number of fused-ring (bicyclic) bond motifs is 1. The molecule has 0 saturated heterocycles. The van der Waals surface area contributed by atoms with Gasteiger partial charge in [0.1, 0.15) is 5.52 Å². The van der Waals surface area contributed by atoms with Crippen molar-refractivity contribution in [3.63, 3.8) is 0 Å². The summed E-state index contributed by atoms with van der Waals surface area (Å²) >= 11 is 1.26. The number of thioether (sulfide) groups is 1. The molecular weight excluding hydrogens is 286 g/mol. The third-order valence-corrected chi connectivity index (χ3v) is 4.11. The molecule has 1 heterocycles. The normalized spacial score (nSPS) is 13.4. The van der Waals surface area contributed by atoms with Crippen LogP contribution in [0.3, 0.4) is 0 Å². The minimum Gasteiger partial charge on any atom is -0.431 e. The van der Waals surface area contributed by atoms with Gasteiger partial charge in [-0.1, -0.05) is 37.7 Å². The summed E-state index contributed by atoms with van der Waals surface area (Å²) in [5.41, 5.74) is 5.01. The Morgan fingerprint density at radius 1 is 1.48 bits per heavy atom. The monoisotopic (exact) mass is 305 g/mol. The van der Waals surface area contributed by atoms with Crippen LogP contribution >= 0.6 is 11.8 Å². The molecule has 0 fully saturated rings. The van der Waals surface area contributed by atoms with Gasteiger partial charge in [0.05, 0.1) is 5.75 Å². The van der Waals surface area contributed by atoms with Crippen LogP contribution in [0.25, 0.3) is 11.1 Å². The highest BCUT2D eigenvalue weighted by Crippen LogP contribution is 2.22. The Morgan fingerprint density at radius 3 is 2.95 bits per heavy atom. The van der Waals surface area contributed by atoms with Crippen molar-refractivity contribution in [2.24, 2.45) is 11.0 Å². The van der Waals surface area contributed by atoms with Crippen molar-refractivity contribution < 1.29 is 9.21 Å². The van der Waals surface area contributed by atoms with Gasteiger partial charge in [-0.25, -0.2) is 10.4 Å². The zero-order chi connectivity index (χ0) is 15.2. The Kier molecular flexibility index (Phi) is 5.38. The van der Waals surface area contributed by atoms with E-state index in [-0.39, 0.29) is 11.7 Å². The summed E-state index contributed by atoms with van der Waals surface area (Å²) in [6.07, 6.45) is 1.00. The third kappa shape index (κ3) is 4.32. The minimum absolute atomic E-state index is 0.162. The average molecular weight is 305 g/mol. The van der Waals surface area contributed by atoms with Crippen LogP contribution in [-0.2, 0) is 4.79 Å². The Morgan fingerprint density at radius 2 is 2.24 bits per heavy atom. The number of para-hydroxylation sites is 2. The number of hydrogen-bond donors (Lipinski definition) is 1. The van der Waals surface area contributed by atoms with E-state index in [1.807, 2.05) is 31.2 Å². The fraction of sp³-hybridized carbons (Fsp3) is 0.400. The minimum atomic E-state index is -0.162. The van der Waals surface area contributed by atoms with Gasteiger partial charge in [0.2, 0.25) is 0 Å². The first-order valence-corrected chi connectivity index (χ1v) is 7.90. The zero-order valence-electron chi connectivity index (χ0n) is 12.4. The van der Waals surface area contributed by atoms with E-state index >= 15 is 0 Å². The maximum Gasteiger partial charge on any atom is 0.257 e. The van der Waals surface area contributed by atoms with E-state index in [2.05, 4.69) is 29.4 Å². The number of carbonyl (C=O) groups excluding carboxylic acids is 1. The number of benzene rings is 1. The first-order chi connectivity index (χ1) is 10.1. The van der Waals surface area contributed by atoms with Gasteiger partial charge < -0.3 is 4.42 Å². The molecular formula is C15H19N3O2S. The van der Waals surface area contributed by atoms with Crippen LogP contribution < -0.4 is 5.43 Å². The van der Waals surface area contributed by atoms with E-state index in [1.54, 1.807) is 0 Å². The van der Waals surface area contributed by atoms with Gasteiger partial charge in [0.25, 0.3) is 11.1 Å². The molecule has 0 aliphatic rings. The van der Waals surface area contributed by atoms with E-state index in [1.165, 1.54) is 11.8 Å². The molecule has 0 aliphatic heterocycles. The predicted octanol–water partition coefficient (Wildman–Crippen LogP) is 3.46. The van der Waals surface area contributed by atoms with Crippen LogP contribution in [0, 0.1) is 5.92 Å². The van der Waals surface area contributed by atoms with Crippen molar-refractivity contribution in [2.45, 2.75) is 32.4 Å². The van der Waals surface area contributed by atoms with Gasteiger partial charge in [-0.15, -0.1) is 0 Å². The lowest BCUT2D eigenvalue weighted by Gasteiger charge is -2.07. The Labute approximate surface area is 128 Å². The van der Waals surface area contributed by atoms with Crippen LogP contribution in [-0.4, -0.2) is 22.4 Å². The largest absolute Gasteiger partial charge is 0.431 e. The van der Waals surface area contributed by atoms with E-state index < -0.39 is 0 Å². The molecule has 2 rings (SSSR count). The van der Waals surface area contributed by atoms with Crippen molar-refractivity contribution in [3.8, 4) is 0 Å². The number of nitrogens with one attached hydrogen (secondary N) is 1. The Bertz CT molecular complexity index is 618. The molecule has 0 saturated carbocycles. The van der Waals surface area contributed by atoms with E-state index in [0.29, 0.717) is 11.1 Å². The zero-order valence-corrected chi connectivity index (χ0v) is 13.2. The standard InChI is InChI=1S/C15H19N3O2S/c1-4-10(2)11(3)17-18-14(19)9-21-15-16-12-7-5-6-8-13(12)20-15/h5-8,10H,4,9H2,1-3H3,(H,18,19)/b17-11-/t10-/m0/s1. The van der Waals surface area contributed by atoms with Gasteiger partial charge in [0, 0.05) is 5.71 Å². The van der Waals surface area contributed by atoms with Crippen LogP contribution in [0.1, 0.15) is 27.2 Å². The molecule has 0 spiro atoms. The molecule has 1 aromatic carbocycles. The maximum absolute atomic E-state index is 11.7. The Balaban J connectivity index is 1.86. The van der Waals surface area contributed by atoms with Crippen molar-refractivity contribution in [1.82, 2.24) is 10.4 Å². The van der Waals surface area contributed by atoms with Crippen molar-refractivity contribution in [1.29, 1.82) is 0 Å². The summed E-state index contributed by atoms with van der Waals surface area (Å²) in [4.78, 5) is 16.0. The first-order valence-electron chi connectivity index (χ1n) is 6.91. The molecule has 0 radical (unpaired) electrons.